The molecule has 0 saturated carbocycles. The second-order valence-electron chi connectivity index (χ2n) is 13.9. The second-order valence-corrected chi connectivity index (χ2v) is 13.9. The van der Waals surface area contributed by atoms with Gasteiger partial charge in [0.1, 0.15) is 5.65 Å². The number of imidazole rings is 1. The van der Waals surface area contributed by atoms with E-state index < -0.39 is 0 Å². The zero-order valence-electron chi connectivity index (χ0n) is 29.8. The Kier molecular flexibility index (Phi) is 7.10. The second kappa shape index (κ2) is 12.6. The van der Waals surface area contributed by atoms with Crippen LogP contribution in [0.5, 0.6) is 0 Å². The summed E-state index contributed by atoms with van der Waals surface area (Å²) < 4.78 is 4.53. The van der Waals surface area contributed by atoms with Crippen LogP contribution in [0.4, 0.5) is 17.1 Å². The molecule has 0 aliphatic heterocycles. The fourth-order valence-electron chi connectivity index (χ4n) is 8.10. The van der Waals surface area contributed by atoms with E-state index in [9.17, 15) is 0 Å². The number of fused-ring (bicyclic) bond motifs is 8. The summed E-state index contributed by atoms with van der Waals surface area (Å²) >= 11 is 0. The summed E-state index contributed by atoms with van der Waals surface area (Å²) in [5.74, 6) is 0.822. The van der Waals surface area contributed by atoms with Crippen LogP contribution in [0.25, 0.3) is 77.6 Å². The lowest BCUT2D eigenvalue weighted by atomic mass is 9.99. The van der Waals surface area contributed by atoms with Crippen molar-refractivity contribution >= 4 is 66.5 Å². The summed E-state index contributed by atoms with van der Waals surface area (Å²) in [5.41, 5.74) is 14.0. The van der Waals surface area contributed by atoms with Crippen molar-refractivity contribution in [2.75, 3.05) is 4.90 Å². The number of para-hydroxylation sites is 6. The molecule has 0 atom stereocenters. The standard InChI is InChI=1S/C50H33N5/c1-3-13-38(14-4-1)53(39-15-5-2-6-16-39)40-30-27-35(28-31-40)34-23-25-36(26-24-34)37-29-32-42-41-17-8-11-21-46(41)54(48(42)33-37)50-52-44-19-9-7-18-43(44)49-51-45-20-10-12-22-47(45)55(49)50/h1-33H. The van der Waals surface area contributed by atoms with Gasteiger partial charge in [0, 0.05) is 33.2 Å². The predicted molar refractivity (Wildman–Crippen MR) is 228 cm³/mol. The van der Waals surface area contributed by atoms with Crippen LogP contribution in [-0.2, 0) is 0 Å². The van der Waals surface area contributed by atoms with Crippen molar-refractivity contribution in [3.8, 4) is 28.2 Å². The minimum Gasteiger partial charge on any atom is -0.311 e. The number of rotatable bonds is 6. The minimum atomic E-state index is 0.822. The smallest absolute Gasteiger partial charge is 0.221 e. The first-order valence-electron chi connectivity index (χ1n) is 18.6. The first kappa shape index (κ1) is 31.1. The summed E-state index contributed by atoms with van der Waals surface area (Å²) in [6, 6.07) is 70.8. The molecule has 0 radical (unpaired) electrons. The Morgan fingerprint density at radius 1 is 0.345 bits per heavy atom. The van der Waals surface area contributed by atoms with Crippen molar-refractivity contribution in [2.45, 2.75) is 0 Å². The Hall–Kier alpha value is -7.50. The van der Waals surface area contributed by atoms with Crippen LogP contribution in [-0.4, -0.2) is 18.9 Å². The van der Waals surface area contributed by atoms with E-state index >= 15 is 0 Å². The molecule has 0 aliphatic rings. The van der Waals surface area contributed by atoms with E-state index in [1.807, 2.05) is 12.1 Å². The largest absolute Gasteiger partial charge is 0.311 e. The third kappa shape index (κ3) is 5.09. The van der Waals surface area contributed by atoms with Gasteiger partial charge < -0.3 is 4.90 Å². The van der Waals surface area contributed by atoms with E-state index in [0.717, 1.165) is 72.8 Å². The molecule has 5 nitrogen and oxygen atoms in total. The van der Waals surface area contributed by atoms with Gasteiger partial charge in [-0.2, -0.15) is 0 Å². The number of hydrogen-bond donors (Lipinski definition) is 0. The van der Waals surface area contributed by atoms with Gasteiger partial charge in [0.05, 0.1) is 27.6 Å². The van der Waals surface area contributed by atoms with Gasteiger partial charge in [-0.15, -0.1) is 0 Å². The van der Waals surface area contributed by atoms with Crippen LogP contribution in [0, 0.1) is 0 Å². The van der Waals surface area contributed by atoms with Gasteiger partial charge in [0.2, 0.25) is 5.95 Å². The van der Waals surface area contributed by atoms with Gasteiger partial charge in [-0.05, 0) is 95.1 Å². The van der Waals surface area contributed by atoms with E-state index in [4.69, 9.17) is 9.97 Å². The van der Waals surface area contributed by atoms with E-state index in [0.29, 0.717) is 0 Å². The highest BCUT2D eigenvalue weighted by Crippen LogP contribution is 2.38. The predicted octanol–water partition coefficient (Wildman–Crippen LogP) is 12.9. The Labute approximate surface area is 317 Å². The monoisotopic (exact) mass is 703 g/mol. The molecule has 0 amide bonds. The highest BCUT2D eigenvalue weighted by Gasteiger charge is 2.20. The molecular weight excluding hydrogens is 671 g/mol. The molecule has 11 aromatic rings. The van der Waals surface area contributed by atoms with Gasteiger partial charge in [-0.3, -0.25) is 8.97 Å². The van der Waals surface area contributed by atoms with Gasteiger partial charge in [-0.1, -0.05) is 127 Å². The maximum atomic E-state index is 5.35. The lowest BCUT2D eigenvalue weighted by Crippen LogP contribution is -2.09. The van der Waals surface area contributed by atoms with Crippen molar-refractivity contribution < 1.29 is 0 Å². The minimum absolute atomic E-state index is 0.822. The molecule has 3 aromatic heterocycles. The summed E-state index contributed by atoms with van der Waals surface area (Å²) in [4.78, 5) is 12.8. The normalized spacial score (nSPS) is 11.6. The quantitative estimate of drug-likeness (QED) is 0.173. The molecule has 5 heteroatoms. The number of anilines is 3. The Morgan fingerprint density at radius 2 is 0.836 bits per heavy atom. The van der Waals surface area contributed by atoms with Gasteiger partial charge in [0.25, 0.3) is 0 Å². The molecule has 55 heavy (non-hydrogen) atoms. The molecule has 0 saturated heterocycles. The molecule has 0 unspecified atom stereocenters. The van der Waals surface area contributed by atoms with E-state index in [2.05, 4.69) is 202 Å². The highest BCUT2D eigenvalue weighted by molar-refractivity contribution is 6.10. The SMILES string of the molecule is c1ccc(N(c2ccccc2)c2ccc(-c3ccc(-c4ccc5c6ccccc6n(-c6nc7ccccc7c7nc8ccccc8n67)c5c4)cc3)cc2)cc1. The number of benzene rings is 8. The molecule has 0 N–H and O–H groups in total. The fourth-order valence-corrected chi connectivity index (χ4v) is 8.10. The summed E-state index contributed by atoms with van der Waals surface area (Å²) in [6.07, 6.45) is 0. The summed E-state index contributed by atoms with van der Waals surface area (Å²) in [7, 11) is 0. The van der Waals surface area contributed by atoms with Gasteiger partial charge in [0.15, 0.2) is 0 Å². The van der Waals surface area contributed by atoms with Crippen LogP contribution < -0.4 is 4.90 Å². The molecule has 11 rings (SSSR count). The van der Waals surface area contributed by atoms with Gasteiger partial charge >= 0.3 is 0 Å². The first-order valence-corrected chi connectivity index (χ1v) is 18.6. The highest BCUT2D eigenvalue weighted by atomic mass is 15.2. The zero-order valence-corrected chi connectivity index (χ0v) is 29.8. The molecular formula is C50H33N5. The van der Waals surface area contributed by atoms with Crippen molar-refractivity contribution in [3.63, 3.8) is 0 Å². The van der Waals surface area contributed by atoms with Crippen LogP contribution in [0.1, 0.15) is 0 Å². The lowest BCUT2D eigenvalue weighted by molar-refractivity contribution is 0.979. The maximum absolute atomic E-state index is 5.35. The maximum Gasteiger partial charge on any atom is 0.221 e. The molecule has 3 heterocycles. The van der Waals surface area contributed by atoms with Gasteiger partial charge in [-0.25, -0.2) is 9.97 Å². The molecule has 0 bridgehead atoms. The number of hydrogen-bond acceptors (Lipinski definition) is 3. The topological polar surface area (TPSA) is 38.4 Å². The third-order valence-corrected chi connectivity index (χ3v) is 10.7. The summed E-state index contributed by atoms with van der Waals surface area (Å²) in [6.45, 7) is 0. The summed E-state index contributed by atoms with van der Waals surface area (Å²) in [5, 5.41) is 3.40. The average molecular weight is 704 g/mol. The van der Waals surface area contributed by atoms with Crippen molar-refractivity contribution in [1.82, 2.24) is 18.9 Å². The number of aromatic nitrogens is 4. The fraction of sp³-hybridized carbons (Fsp3) is 0. The Bertz CT molecular complexity index is 3140. The van der Waals surface area contributed by atoms with E-state index in [1.165, 1.54) is 21.9 Å². The van der Waals surface area contributed by atoms with Crippen molar-refractivity contribution in [1.29, 1.82) is 0 Å². The van der Waals surface area contributed by atoms with Crippen LogP contribution >= 0.6 is 0 Å². The molecule has 0 aliphatic carbocycles. The van der Waals surface area contributed by atoms with Crippen LogP contribution in [0.15, 0.2) is 200 Å². The molecule has 8 aromatic carbocycles. The Morgan fingerprint density at radius 3 is 1.53 bits per heavy atom. The zero-order chi connectivity index (χ0) is 36.3. The number of nitrogens with zero attached hydrogens (tertiary/aromatic N) is 5. The van der Waals surface area contributed by atoms with Crippen molar-refractivity contribution in [2.24, 2.45) is 0 Å². The van der Waals surface area contributed by atoms with Crippen molar-refractivity contribution in [3.05, 3.63) is 200 Å². The Balaban J connectivity index is 1.01. The van der Waals surface area contributed by atoms with E-state index in [-0.39, 0.29) is 0 Å². The molecule has 0 fully saturated rings. The third-order valence-electron chi connectivity index (χ3n) is 10.7. The van der Waals surface area contributed by atoms with Crippen LogP contribution in [0.3, 0.4) is 0 Å². The van der Waals surface area contributed by atoms with E-state index in [1.54, 1.807) is 0 Å². The lowest BCUT2D eigenvalue weighted by Gasteiger charge is -2.25. The molecule has 0 spiro atoms. The first-order chi connectivity index (χ1) is 27.3. The molecule has 258 valence electrons. The average Bonchev–Trinajstić information content (AvgIpc) is 3.81. The van der Waals surface area contributed by atoms with Crippen LogP contribution in [0.2, 0.25) is 0 Å².